The molecule has 0 atom stereocenters. The molecule has 0 saturated heterocycles. The topological polar surface area (TPSA) is 77.9 Å². The first-order valence-corrected chi connectivity index (χ1v) is 12.6. The molecule has 0 radical (unpaired) electrons. The van der Waals surface area contributed by atoms with Crippen LogP contribution in [0.5, 0.6) is 0 Å². The number of anilines is 1. The molecule has 7 heteroatoms. The Balaban J connectivity index is 1.96. The van der Waals surface area contributed by atoms with Crippen molar-refractivity contribution >= 4 is 34.8 Å². The van der Waals surface area contributed by atoms with Crippen LogP contribution < -0.4 is 4.90 Å². The van der Waals surface area contributed by atoms with Crippen molar-refractivity contribution in [2.45, 2.75) is 72.3 Å². The van der Waals surface area contributed by atoms with Gasteiger partial charge in [-0.25, -0.2) is 4.79 Å². The third-order valence-corrected chi connectivity index (χ3v) is 7.63. The second-order valence-electron chi connectivity index (χ2n) is 10.9. The van der Waals surface area contributed by atoms with E-state index in [0.717, 1.165) is 37.0 Å². The average molecular weight is 473 g/mol. The summed E-state index contributed by atoms with van der Waals surface area (Å²) >= 11 is 1.12. The van der Waals surface area contributed by atoms with Crippen molar-refractivity contribution in [3.05, 3.63) is 15.8 Å². The quantitative estimate of drug-likeness (QED) is 0.620. The molecule has 3 rings (SSSR count). The van der Waals surface area contributed by atoms with Crippen molar-refractivity contribution in [1.82, 2.24) is 4.90 Å². The second-order valence-corrected chi connectivity index (χ2v) is 11.9. The van der Waals surface area contributed by atoms with Gasteiger partial charge in [0.25, 0.3) is 0 Å². The van der Waals surface area contributed by atoms with Crippen LogP contribution in [0.2, 0.25) is 0 Å². The summed E-state index contributed by atoms with van der Waals surface area (Å²) < 4.78 is 0. The maximum Gasteiger partial charge on any atom is 0.348 e. The number of carboxylic acid groups (broad SMARTS) is 1. The van der Waals surface area contributed by atoms with Gasteiger partial charge in [0.2, 0.25) is 11.8 Å². The molecule has 0 unspecified atom stereocenters. The number of thiophene rings is 1. The predicted molar refractivity (Wildman–Crippen MR) is 131 cm³/mol. The van der Waals surface area contributed by atoms with Crippen LogP contribution in [0, 0.1) is 35.0 Å². The number of aromatic carboxylic acids is 1. The number of hydrogen-bond donors (Lipinski definition) is 1. The Labute approximate surface area is 201 Å². The molecule has 2 aliphatic carbocycles. The molecule has 33 heavy (non-hydrogen) atoms. The standard InChI is InChI=1S/C26H36N2O4S/c1-16-7-9-17(10-8-16)24(30)28(19-13-18(14-19)23(29)27(5)6)21-15-20(11-12-26(2,3)4)33-22(21)25(31)32/h15-19H,7-10,13-14H2,1-6H3,(H,31,32)/t16-,17-,18-,19-. The number of carboxylic acids is 1. The summed E-state index contributed by atoms with van der Waals surface area (Å²) in [7, 11) is 3.48. The van der Waals surface area contributed by atoms with Gasteiger partial charge in [-0.1, -0.05) is 18.8 Å². The summed E-state index contributed by atoms with van der Waals surface area (Å²) in [6.07, 6.45) is 4.79. The Kier molecular flexibility index (Phi) is 7.58. The summed E-state index contributed by atoms with van der Waals surface area (Å²) in [6, 6.07) is 1.60. The van der Waals surface area contributed by atoms with Crippen molar-refractivity contribution in [3.63, 3.8) is 0 Å². The van der Waals surface area contributed by atoms with E-state index in [1.165, 1.54) is 0 Å². The molecule has 0 spiro atoms. The molecule has 1 aromatic heterocycles. The van der Waals surface area contributed by atoms with Crippen LogP contribution in [0.4, 0.5) is 5.69 Å². The molecule has 6 nitrogen and oxygen atoms in total. The zero-order chi connectivity index (χ0) is 24.5. The average Bonchev–Trinajstić information content (AvgIpc) is 3.12. The summed E-state index contributed by atoms with van der Waals surface area (Å²) in [5, 5.41) is 9.93. The lowest BCUT2D eigenvalue weighted by atomic mass is 9.76. The summed E-state index contributed by atoms with van der Waals surface area (Å²) in [6.45, 7) is 8.22. The molecule has 2 fully saturated rings. The molecule has 0 bridgehead atoms. The molecule has 180 valence electrons. The fourth-order valence-corrected chi connectivity index (χ4v) is 5.43. The molecule has 1 heterocycles. The molecule has 1 N–H and O–H groups in total. The zero-order valence-corrected chi connectivity index (χ0v) is 21.4. The summed E-state index contributed by atoms with van der Waals surface area (Å²) in [5.74, 6) is 5.66. The molecule has 0 aliphatic heterocycles. The third-order valence-electron chi connectivity index (χ3n) is 6.60. The van der Waals surface area contributed by atoms with Gasteiger partial charge in [-0.3, -0.25) is 9.59 Å². The van der Waals surface area contributed by atoms with Gasteiger partial charge in [-0.15, -0.1) is 11.3 Å². The van der Waals surface area contributed by atoms with Gasteiger partial charge < -0.3 is 14.9 Å². The highest BCUT2D eigenvalue weighted by Crippen LogP contribution is 2.42. The Bertz CT molecular complexity index is 965. The van der Waals surface area contributed by atoms with E-state index in [1.807, 2.05) is 20.8 Å². The van der Waals surface area contributed by atoms with E-state index >= 15 is 0 Å². The van der Waals surface area contributed by atoms with Crippen LogP contribution in [0.3, 0.4) is 0 Å². The molecular weight excluding hydrogens is 436 g/mol. The van der Waals surface area contributed by atoms with Gasteiger partial charge in [-0.2, -0.15) is 0 Å². The number of nitrogens with zero attached hydrogens (tertiary/aromatic N) is 2. The number of hydrogen-bond acceptors (Lipinski definition) is 4. The number of amides is 2. The van der Waals surface area contributed by atoms with E-state index in [9.17, 15) is 19.5 Å². The molecule has 0 aromatic carbocycles. The molecular formula is C26H36N2O4S. The van der Waals surface area contributed by atoms with Crippen LogP contribution >= 0.6 is 11.3 Å². The highest BCUT2D eigenvalue weighted by Gasteiger charge is 2.44. The highest BCUT2D eigenvalue weighted by atomic mass is 32.1. The van der Waals surface area contributed by atoms with Gasteiger partial charge in [0.05, 0.1) is 10.6 Å². The largest absolute Gasteiger partial charge is 0.477 e. The fraction of sp³-hybridized carbons (Fsp3) is 0.654. The number of rotatable bonds is 5. The van der Waals surface area contributed by atoms with E-state index < -0.39 is 5.97 Å². The molecule has 2 saturated carbocycles. The monoisotopic (exact) mass is 472 g/mol. The first-order valence-electron chi connectivity index (χ1n) is 11.8. The van der Waals surface area contributed by atoms with Crippen LogP contribution in [0.25, 0.3) is 0 Å². The van der Waals surface area contributed by atoms with Crippen LogP contribution in [0.1, 0.15) is 80.8 Å². The van der Waals surface area contributed by atoms with Crippen LogP contribution in [-0.2, 0) is 9.59 Å². The van der Waals surface area contributed by atoms with Crippen molar-refractivity contribution in [2.24, 2.45) is 23.2 Å². The van der Waals surface area contributed by atoms with E-state index in [2.05, 4.69) is 18.8 Å². The first kappa shape index (κ1) is 25.3. The molecule has 2 amide bonds. The van der Waals surface area contributed by atoms with Gasteiger partial charge in [0.15, 0.2) is 0 Å². The third kappa shape index (κ3) is 5.97. The SMILES string of the molecule is CN(C)C(=O)[C@H]1C[C@H](N(c2cc(C#CC(C)(C)C)sc2C(=O)O)C(=O)[C@H]2CC[C@H](C)CC2)C1. The Morgan fingerprint density at radius 2 is 1.64 bits per heavy atom. The van der Waals surface area contributed by atoms with Gasteiger partial charge in [-0.05, 0) is 71.3 Å². The first-order chi connectivity index (χ1) is 15.4. The van der Waals surface area contributed by atoms with Gasteiger partial charge >= 0.3 is 5.97 Å². The minimum Gasteiger partial charge on any atom is -0.477 e. The van der Waals surface area contributed by atoms with E-state index in [1.54, 1.807) is 30.0 Å². The van der Waals surface area contributed by atoms with E-state index in [4.69, 9.17) is 0 Å². The van der Waals surface area contributed by atoms with Crippen molar-refractivity contribution in [1.29, 1.82) is 0 Å². The highest BCUT2D eigenvalue weighted by molar-refractivity contribution is 7.15. The maximum atomic E-state index is 13.8. The van der Waals surface area contributed by atoms with Gasteiger partial charge in [0.1, 0.15) is 4.88 Å². The minimum atomic E-state index is -1.05. The Hall–Kier alpha value is -2.33. The zero-order valence-electron chi connectivity index (χ0n) is 20.6. The van der Waals surface area contributed by atoms with E-state index in [-0.39, 0.29) is 40.0 Å². The Morgan fingerprint density at radius 3 is 2.15 bits per heavy atom. The van der Waals surface area contributed by atoms with Crippen LogP contribution in [-0.4, -0.2) is 47.9 Å². The van der Waals surface area contributed by atoms with Crippen molar-refractivity contribution in [2.75, 3.05) is 19.0 Å². The predicted octanol–water partition coefficient (Wildman–Crippen LogP) is 4.87. The minimum absolute atomic E-state index is 0.00159. The molecule has 1 aromatic rings. The van der Waals surface area contributed by atoms with Gasteiger partial charge in [0, 0.05) is 37.4 Å². The normalized spacial score (nSPS) is 24.8. The molecule has 2 aliphatic rings. The summed E-state index contributed by atoms with van der Waals surface area (Å²) in [5.41, 5.74) is 0.227. The van der Waals surface area contributed by atoms with Crippen molar-refractivity contribution < 1.29 is 19.5 Å². The van der Waals surface area contributed by atoms with Crippen LogP contribution in [0.15, 0.2) is 6.07 Å². The van der Waals surface area contributed by atoms with Crippen molar-refractivity contribution in [3.8, 4) is 11.8 Å². The lowest BCUT2D eigenvalue weighted by molar-refractivity contribution is -0.137. The smallest absolute Gasteiger partial charge is 0.348 e. The lowest BCUT2D eigenvalue weighted by Gasteiger charge is -2.44. The Morgan fingerprint density at radius 1 is 1.03 bits per heavy atom. The fourth-order valence-electron chi connectivity index (χ4n) is 4.59. The summed E-state index contributed by atoms with van der Waals surface area (Å²) in [4.78, 5) is 42.4. The lowest BCUT2D eigenvalue weighted by Crippen LogP contribution is -2.53. The second kappa shape index (κ2) is 9.89. The maximum absolute atomic E-state index is 13.8. The number of carbonyl (C=O) groups is 3. The van der Waals surface area contributed by atoms with E-state index in [0.29, 0.717) is 29.3 Å². The number of carbonyl (C=O) groups excluding carboxylic acids is 2.